The summed E-state index contributed by atoms with van der Waals surface area (Å²) in [7, 11) is 1.88. The lowest BCUT2D eigenvalue weighted by Gasteiger charge is -2.05. The van der Waals surface area contributed by atoms with E-state index in [1.54, 1.807) is 6.33 Å². The van der Waals surface area contributed by atoms with Crippen LogP contribution < -0.4 is 5.32 Å². The van der Waals surface area contributed by atoms with E-state index in [2.05, 4.69) is 27.2 Å². The fourth-order valence-electron chi connectivity index (χ4n) is 1.49. The van der Waals surface area contributed by atoms with Crippen LogP contribution in [0.1, 0.15) is 19.8 Å². The molecule has 0 aliphatic heterocycles. The molecule has 1 N–H and O–H groups in total. The molecule has 0 aliphatic carbocycles. The van der Waals surface area contributed by atoms with Crippen LogP contribution in [0.4, 0.5) is 5.82 Å². The van der Waals surface area contributed by atoms with Crippen LogP contribution in [0.25, 0.3) is 11.2 Å². The molecule has 0 saturated heterocycles. The smallest absolute Gasteiger partial charge is 0.226 e. The molecule has 0 unspecified atom stereocenters. The molecule has 0 aliphatic rings. The maximum Gasteiger partial charge on any atom is 0.226 e. The van der Waals surface area contributed by atoms with Crippen molar-refractivity contribution in [1.29, 1.82) is 0 Å². The van der Waals surface area contributed by atoms with E-state index in [4.69, 9.17) is 11.6 Å². The van der Waals surface area contributed by atoms with Gasteiger partial charge in [-0.2, -0.15) is 9.97 Å². The molecule has 86 valence electrons. The topological polar surface area (TPSA) is 55.6 Å². The van der Waals surface area contributed by atoms with E-state index in [1.807, 2.05) is 11.6 Å². The van der Waals surface area contributed by atoms with Crippen molar-refractivity contribution in [2.45, 2.75) is 19.8 Å². The van der Waals surface area contributed by atoms with E-state index in [0.29, 0.717) is 5.82 Å². The molecule has 0 atom stereocenters. The molecule has 0 amide bonds. The van der Waals surface area contributed by atoms with Crippen molar-refractivity contribution in [3.63, 3.8) is 0 Å². The molecule has 0 spiro atoms. The van der Waals surface area contributed by atoms with Gasteiger partial charge >= 0.3 is 0 Å². The molecule has 0 aromatic carbocycles. The van der Waals surface area contributed by atoms with Gasteiger partial charge in [0.1, 0.15) is 0 Å². The van der Waals surface area contributed by atoms with Crippen LogP contribution in [0.15, 0.2) is 6.33 Å². The maximum atomic E-state index is 5.86. The highest BCUT2D eigenvalue weighted by Crippen LogP contribution is 2.19. The van der Waals surface area contributed by atoms with E-state index < -0.39 is 0 Å². The van der Waals surface area contributed by atoms with Gasteiger partial charge in [-0.15, -0.1) is 0 Å². The van der Waals surface area contributed by atoms with Gasteiger partial charge in [0.25, 0.3) is 0 Å². The number of halogens is 1. The van der Waals surface area contributed by atoms with Gasteiger partial charge < -0.3 is 9.88 Å². The van der Waals surface area contributed by atoms with Crippen LogP contribution in [0, 0.1) is 0 Å². The Bertz CT molecular complexity index is 493. The zero-order valence-electron chi connectivity index (χ0n) is 9.37. The summed E-state index contributed by atoms with van der Waals surface area (Å²) >= 11 is 5.86. The van der Waals surface area contributed by atoms with Gasteiger partial charge in [0.15, 0.2) is 17.0 Å². The lowest BCUT2D eigenvalue weighted by molar-refractivity contribution is 0.831. The molecule has 0 radical (unpaired) electrons. The second-order valence-electron chi connectivity index (χ2n) is 3.65. The average molecular weight is 240 g/mol. The van der Waals surface area contributed by atoms with Crippen LogP contribution in [-0.2, 0) is 7.05 Å². The molecule has 0 fully saturated rings. The molecular weight excluding hydrogens is 226 g/mol. The summed E-state index contributed by atoms with van der Waals surface area (Å²) in [5.41, 5.74) is 1.52. The Morgan fingerprint density at radius 1 is 1.44 bits per heavy atom. The van der Waals surface area contributed by atoms with E-state index in [0.717, 1.165) is 30.6 Å². The second kappa shape index (κ2) is 4.65. The molecule has 5 nitrogen and oxygen atoms in total. The first kappa shape index (κ1) is 11.1. The van der Waals surface area contributed by atoms with Crippen molar-refractivity contribution < 1.29 is 0 Å². The van der Waals surface area contributed by atoms with Gasteiger partial charge in [0.05, 0.1) is 6.33 Å². The van der Waals surface area contributed by atoms with E-state index in [-0.39, 0.29) is 5.28 Å². The standard InChI is InChI=1S/C10H14ClN5/c1-3-4-5-12-8-7-9(15-10(11)14-8)16(2)6-13-7/h6H,3-5H2,1-2H3,(H,12,14,15). The molecule has 0 bridgehead atoms. The summed E-state index contributed by atoms with van der Waals surface area (Å²) in [5, 5.41) is 3.48. The predicted molar refractivity (Wildman–Crippen MR) is 64.7 cm³/mol. The number of nitrogens with one attached hydrogen (secondary N) is 1. The minimum Gasteiger partial charge on any atom is -0.368 e. The highest BCUT2D eigenvalue weighted by Gasteiger charge is 2.10. The first-order chi connectivity index (χ1) is 7.72. The summed E-state index contributed by atoms with van der Waals surface area (Å²) < 4.78 is 1.83. The minimum atomic E-state index is 0.245. The first-order valence-electron chi connectivity index (χ1n) is 5.30. The first-order valence-corrected chi connectivity index (χ1v) is 5.68. The second-order valence-corrected chi connectivity index (χ2v) is 3.99. The van der Waals surface area contributed by atoms with Crippen molar-refractivity contribution >= 4 is 28.6 Å². The fraction of sp³-hybridized carbons (Fsp3) is 0.500. The third-order valence-corrected chi connectivity index (χ3v) is 2.52. The van der Waals surface area contributed by atoms with Gasteiger partial charge in [-0.1, -0.05) is 13.3 Å². The van der Waals surface area contributed by atoms with Crippen molar-refractivity contribution in [3.8, 4) is 0 Å². The Hall–Kier alpha value is -1.36. The Labute approximate surface area is 98.9 Å². The number of imidazole rings is 1. The predicted octanol–water partition coefficient (Wildman–Crippen LogP) is 2.23. The Morgan fingerprint density at radius 2 is 2.25 bits per heavy atom. The quantitative estimate of drug-likeness (QED) is 0.657. The van der Waals surface area contributed by atoms with E-state index in [1.165, 1.54) is 0 Å². The molecule has 16 heavy (non-hydrogen) atoms. The minimum absolute atomic E-state index is 0.245. The molecule has 6 heteroatoms. The van der Waals surface area contributed by atoms with Gasteiger partial charge in [-0.25, -0.2) is 4.98 Å². The van der Waals surface area contributed by atoms with Crippen LogP contribution in [0.5, 0.6) is 0 Å². The number of anilines is 1. The summed E-state index contributed by atoms with van der Waals surface area (Å²) in [6.45, 7) is 3.01. The Balaban J connectivity index is 2.35. The highest BCUT2D eigenvalue weighted by molar-refractivity contribution is 6.28. The van der Waals surface area contributed by atoms with Crippen LogP contribution in [0.2, 0.25) is 5.28 Å². The van der Waals surface area contributed by atoms with Crippen molar-refractivity contribution in [3.05, 3.63) is 11.6 Å². The Morgan fingerprint density at radius 3 is 3.00 bits per heavy atom. The number of rotatable bonds is 4. The van der Waals surface area contributed by atoms with Crippen molar-refractivity contribution in [2.24, 2.45) is 7.05 Å². The number of aryl methyl sites for hydroxylation is 1. The normalized spacial score (nSPS) is 10.9. The number of aromatic nitrogens is 4. The third-order valence-electron chi connectivity index (χ3n) is 2.36. The number of nitrogens with zero attached hydrogens (tertiary/aromatic N) is 4. The number of fused-ring (bicyclic) bond motifs is 1. The molecule has 2 aromatic rings. The van der Waals surface area contributed by atoms with Crippen LogP contribution >= 0.6 is 11.6 Å². The van der Waals surface area contributed by atoms with Gasteiger partial charge in [-0.3, -0.25) is 0 Å². The zero-order valence-corrected chi connectivity index (χ0v) is 10.1. The van der Waals surface area contributed by atoms with Crippen LogP contribution in [-0.4, -0.2) is 26.1 Å². The van der Waals surface area contributed by atoms with E-state index >= 15 is 0 Å². The molecule has 2 heterocycles. The van der Waals surface area contributed by atoms with Gasteiger partial charge in [0, 0.05) is 13.6 Å². The molecule has 2 rings (SSSR count). The lowest BCUT2D eigenvalue weighted by atomic mass is 10.3. The number of hydrogen-bond donors (Lipinski definition) is 1. The monoisotopic (exact) mass is 239 g/mol. The number of unbranched alkanes of at least 4 members (excludes halogenated alkanes) is 1. The Kier molecular flexibility index (Phi) is 3.24. The van der Waals surface area contributed by atoms with E-state index in [9.17, 15) is 0 Å². The number of hydrogen-bond acceptors (Lipinski definition) is 4. The largest absolute Gasteiger partial charge is 0.368 e. The fourth-order valence-corrected chi connectivity index (χ4v) is 1.65. The van der Waals surface area contributed by atoms with Crippen molar-refractivity contribution in [2.75, 3.05) is 11.9 Å². The van der Waals surface area contributed by atoms with Crippen LogP contribution in [0.3, 0.4) is 0 Å². The zero-order chi connectivity index (χ0) is 11.5. The molecule has 0 saturated carbocycles. The highest BCUT2D eigenvalue weighted by atomic mass is 35.5. The van der Waals surface area contributed by atoms with Gasteiger partial charge in [-0.05, 0) is 18.0 Å². The van der Waals surface area contributed by atoms with Gasteiger partial charge in [0.2, 0.25) is 5.28 Å². The molecular formula is C10H14ClN5. The lowest BCUT2D eigenvalue weighted by Crippen LogP contribution is -2.05. The average Bonchev–Trinajstić information content (AvgIpc) is 2.61. The summed E-state index contributed by atoms with van der Waals surface area (Å²) in [6, 6.07) is 0. The molecule has 2 aromatic heterocycles. The summed E-state index contributed by atoms with van der Waals surface area (Å²) in [5.74, 6) is 0.712. The van der Waals surface area contributed by atoms with Crippen molar-refractivity contribution in [1.82, 2.24) is 19.5 Å². The summed E-state index contributed by atoms with van der Waals surface area (Å²) in [6.07, 6.45) is 3.94. The maximum absolute atomic E-state index is 5.86. The summed E-state index contributed by atoms with van der Waals surface area (Å²) in [4.78, 5) is 12.5. The third kappa shape index (κ3) is 2.09. The SMILES string of the molecule is CCCCNc1nc(Cl)nc2c1ncn2C.